The largest absolute Gasteiger partial charge is 0.497 e. The zero-order valence-electron chi connectivity index (χ0n) is 12.0. The zero-order chi connectivity index (χ0) is 12.9. The van der Waals surface area contributed by atoms with Crippen molar-refractivity contribution in [2.24, 2.45) is 0 Å². The normalized spacial score (nSPS) is 18.8. The van der Waals surface area contributed by atoms with Crippen LogP contribution in [-0.2, 0) is 4.74 Å². The molecule has 0 bridgehead atoms. The predicted molar refractivity (Wildman–Crippen MR) is 73.1 cm³/mol. The van der Waals surface area contributed by atoms with Crippen LogP contribution in [0.25, 0.3) is 0 Å². The molecule has 0 saturated heterocycles. The Hall–Kier alpha value is -0.540. The van der Waals surface area contributed by atoms with Gasteiger partial charge in [0.25, 0.3) is 0 Å². The molecule has 1 unspecified atom stereocenters. The topological polar surface area (TPSA) is 24.5 Å². The van der Waals surface area contributed by atoms with Gasteiger partial charge in [-0.25, -0.2) is 0 Å². The smallest absolute Gasteiger partial charge is 0.111 e. The van der Waals surface area contributed by atoms with Crippen molar-refractivity contribution >= 4 is 0 Å². The standard InChI is InChI=1S/C14H28N2O/c1-6-14(7-2,16(4)5)13(15-3)12-10-8-9-11-17-12/h10,13,15H,6-9,11H2,1-5H3. The molecule has 0 fully saturated rings. The van der Waals surface area contributed by atoms with E-state index in [1.165, 1.54) is 0 Å². The van der Waals surface area contributed by atoms with Crippen molar-refractivity contribution in [3.63, 3.8) is 0 Å². The molecule has 1 aliphatic rings. The van der Waals surface area contributed by atoms with Crippen LogP contribution in [0.4, 0.5) is 0 Å². The minimum Gasteiger partial charge on any atom is -0.497 e. The molecule has 0 spiro atoms. The van der Waals surface area contributed by atoms with Gasteiger partial charge in [0.1, 0.15) is 5.76 Å². The average molecular weight is 240 g/mol. The molecule has 3 heteroatoms. The van der Waals surface area contributed by atoms with E-state index in [1.54, 1.807) is 0 Å². The van der Waals surface area contributed by atoms with Gasteiger partial charge in [-0.1, -0.05) is 13.8 Å². The Morgan fingerprint density at radius 1 is 1.41 bits per heavy atom. The lowest BCUT2D eigenvalue weighted by molar-refractivity contribution is 0.0635. The van der Waals surface area contributed by atoms with E-state index in [2.05, 4.69) is 44.2 Å². The molecule has 0 radical (unpaired) electrons. The van der Waals surface area contributed by atoms with Gasteiger partial charge >= 0.3 is 0 Å². The molecule has 3 nitrogen and oxygen atoms in total. The molecule has 1 N–H and O–H groups in total. The third-order valence-corrected chi connectivity index (χ3v) is 4.19. The number of rotatable bonds is 6. The molecule has 1 aliphatic heterocycles. The molecular formula is C14H28N2O. The van der Waals surface area contributed by atoms with Crippen molar-refractivity contribution < 1.29 is 4.74 Å². The highest BCUT2D eigenvalue weighted by molar-refractivity contribution is 5.15. The Bertz CT molecular complexity index is 257. The Balaban J connectivity index is 2.99. The number of hydrogen-bond donors (Lipinski definition) is 1. The number of ether oxygens (including phenoxy) is 1. The van der Waals surface area contributed by atoms with Crippen LogP contribution in [-0.4, -0.2) is 44.2 Å². The summed E-state index contributed by atoms with van der Waals surface area (Å²) in [6, 6.07) is 0.285. The maximum atomic E-state index is 5.86. The third-order valence-electron chi connectivity index (χ3n) is 4.19. The first-order chi connectivity index (χ1) is 8.12. The van der Waals surface area contributed by atoms with Crippen LogP contribution in [0.1, 0.15) is 39.5 Å². The number of likely N-dealkylation sites (N-methyl/N-ethyl adjacent to an activating group) is 2. The van der Waals surface area contributed by atoms with Gasteiger partial charge in [0.2, 0.25) is 0 Å². The number of allylic oxidation sites excluding steroid dienone is 1. The maximum Gasteiger partial charge on any atom is 0.111 e. The van der Waals surface area contributed by atoms with Crippen molar-refractivity contribution in [1.82, 2.24) is 10.2 Å². The summed E-state index contributed by atoms with van der Waals surface area (Å²) in [5.41, 5.74) is 0.137. The zero-order valence-corrected chi connectivity index (χ0v) is 12.0. The van der Waals surface area contributed by atoms with Crippen LogP contribution in [0.3, 0.4) is 0 Å². The Kier molecular flexibility index (Phi) is 5.47. The van der Waals surface area contributed by atoms with E-state index in [9.17, 15) is 0 Å². The molecule has 0 aromatic heterocycles. The summed E-state index contributed by atoms with van der Waals surface area (Å²) in [6.45, 7) is 5.38. The lowest BCUT2D eigenvalue weighted by atomic mass is 9.81. The Morgan fingerprint density at radius 3 is 2.41 bits per heavy atom. The van der Waals surface area contributed by atoms with E-state index in [0.29, 0.717) is 0 Å². The van der Waals surface area contributed by atoms with Crippen LogP contribution in [0.2, 0.25) is 0 Å². The fourth-order valence-electron chi connectivity index (χ4n) is 3.00. The highest BCUT2D eigenvalue weighted by Crippen LogP contribution is 2.31. The first kappa shape index (κ1) is 14.5. The van der Waals surface area contributed by atoms with E-state index in [-0.39, 0.29) is 11.6 Å². The molecule has 0 aromatic carbocycles. The molecule has 17 heavy (non-hydrogen) atoms. The highest BCUT2D eigenvalue weighted by atomic mass is 16.5. The van der Waals surface area contributed by atoms with Gasteiger partial charge < -0.3 is 15.0 Å². The van der Waals surface area contributed by atoms with E-state index in [1.807, 2.05) is 7.05 Å². The molecule has 1 rings (SSSR count). The van der Waals surface area contributed by atoms with Gasteiger partial charge in [0.05, 0.1) is 12.6 Å². The van der Waals surface area contributed by atoms with Crippen molar-refractivity contribution in [2.45, 2.75) is 51.1 Å². The van der Waals surface area contributed by atoms with Crippen LogP contribution >= 0.6 is 0 Å². The lowest BCUT2D eigenvalue weighted by Gasteiger charge is -2.46. The summed E-state index contributed by atoms with van der Waals surface area (Å²) < 4.78 is 5.86. The van der Waals surface area contributed by atoms with Crippen molar-refractivity contribution in [1.29, 1.82) is 0 Å². The predicted octanol–water partition coefficient (Wildman–Crippen LogP) is 2.39. The van der Waals surface area contributed by atoms with Gasteiger partial charge in [0, 0.05) is 5.54 Å². The number of nitrogens with one attached hydrogen (secondary N) is 1. The van der Waals surface area contributed by atoms with Crippen LogP contribution in [0, 0.1) is 0 Å². The molecule has 0 amide bonds. The maximum absolute atomic E-state index is 5.86. The SMILES string of the molecule is CCC(CC)(C(NC)C1=CCCCO1)N(C)C. The van der Waals surface area contributed by atoms with Crippen LogP contribution in [0.5, 0.6) is 0 Å². The summed E-state index contributed by atoms with van der Waals surface area (Å²) in [6.07, 6.45) is 6.78. The van der Waals surface area contributed by atoms with Crippen molar-refractivity contribution in [3.05, 3.63) is 11.8 Å². The molecular weight excluding hydrogens is 212 g/mol. The Labute approximate surface area is 106 Å². The van der Waals surface area contributed by atoms with Crippen molar-refractivity contribution in [3.8, 4) is 0 Å². The second-order valence-electron chi connectivity index (χ2n) is 5.02. The van der Waals surface area contributed by atoms with Crippen LogP contribution in [0.15, 0.2) is 11.8 Å². The second kappa shape index (κ2) is 6.41. The summed E-state index contributed by atoms with van der Waals surface area (Å²) >= 11 is 0. The van der Waals surface area contributed by atoms with Gasteiger partial charge in [-0.05, 0) is 52.9 Å². The minimum atomic E-state index is 0.137. The number of hydrogen-bond acceptors (Lipinski definition) is 3. The third kappa shape index (κ3) is 2.83. The van der Waals surface area contributed by atoms with E-state index < -0.39 is 0 Å². The van der Waals surface area contributed by atoms with Gasteiger partial charge in [-0.2, -0.15) is 0 Å². The average Bonchev–Trinajstić information content (AvgIpc) is 2.36. The minimum absolute atomic E-state index is 0.137. The van der Waals surface area contributed by atoms with E-state index in [4.69, 9.17) is 4.74 Å². The molecule has 0 aliphatic carbocycles. The Morgan fingerprint density at radius 2 is 2.06 bits per heavy atom. The summed E-state index contributed by atoms with van der Waals surface area (Å²) in [7, 11) is 6.37. The molecule has 1 heterocycles. The molecule has 1 atom stereocenters. The summed E-state index contributed by atoms with van der Waals surface area (Å²) in [5.74, 6) is 1.14. The molecule has 0 aromatic rings. The second-order valence-corrected chi connectivity index (χ2v) is 5.02. The van der Waals surface area contributed by atoms with E-state index in [0.717, 1.165) is 38.0 Å². The fraction of sp³-hybridized carbons (Fsp3) is 0.857. The van der Waals surface area contributed by atoms with Crippen LogP contribution < -0.4 is 5.32 Å². The molecule has 0 saturated carbocycles. The lowest BCUT2D eigenvalue weighted by Crippen LogP contribution is -2.59. The highest BCUT2D eigenvalue weighted by Gasteiger charge is 2.40. The summed E-state index contributed by atoms with van der Waals surface area (Å²) in [4.78, 5) is 2.34. The monoisotopic (exact) mass is 240 g/mol. The number of nitrogens with zero attached hydrogens (tertiary/aromatic N) is 1. The van der Waals surface area contributed by atoms with Gasteiger partial charge in [0.15, 0.2) is 0 Å². The first-order valence-corrected chi connectivity index (χ1v) is 6.80. The van der Waals surface area contributed by atoms with Crippen molar-refractivity contribution in [2.75, 3.05) is 27.7 Å². The van der Waals surface area contributed by atoms with Gasteiger partial charge in [-0.3, -0.25) is 0 Å². The quantitative estimate of drug-likeness (QED) is 0.771. The molecule has 100 valence electrons. The van der Waals surface area contributed by atoms with E-state index >= 15 is 0 Å². The fourth-order valence-corrected chi connectivity index (χ4v) is 3.00. The van der Waals surface area contributed by atoms with Gasteiger partial charge in [-0.15, -0.1) is 0 Å². The first-order valence-electron chi connectivity index (χ1n) is 6.80. The summed E-state index contributed by atoms with van der Waals surface area (Å²) in [5, 5.41) is 3.46.